The third-order valence-corrected chi connectivity index (χ3v) is 5.00. The highest BCUT2D eigenvalue weighted by atomic mass is 32.2. The molecule has 0 aliphatic carbocycles. The highest BCUT2D eigenvalue weighted by Gasteiger charge is 2.12. The average Bonchev–Trinajstić information content (AvgIpc) is 3.36. The van der Waals surface area contributed by atoms with Gasteiger partial charge in [0.1, 0.15) is 0 Å². The Hall–Kier alpha value is -2.58. The topological polar surface area (TPSA) is 77.0 Å². The third kappa shape index (κ3) is 3.92. The molecule has 0 bridgehead atoms. The van der Waals surface area contributed by atoms with Crippen LogP contribution in [0.4, 0.5) is 10.8 Å². The van der Waals surface area contributed by atoms with E-state index in [1.54, 1.807) is 29.7 Å². The molecule has 0 fully saturated rings. The standard InChI is InChI=1S/C17H14N4O2S2/c1-11-4-6-12(7-5-11)18-16-19-13(9-24-16)10-25-17-21-20-15(23-17)14-3-2-8-22-14/h2-9H,10H2,1H3,(H,18,19). The lowest BCUT2D eigenvalue weighted by atomic mass is 10.2. The highest BCUT2D eigenvalue weighted by Crippen LogP contribution is 2.28. The molecule has 0 saturated carbocycles. The largest absolute Gasteiger partial charge is 0.459 e. The lowest BCUT2D eigenvalue weighted by Gasteiger charge is -2.02. The van der Waals surface area contributed by atoms with E-state index in [0.29, 0.717) is 22.6 Å². The Morgan fingerprint density at radius 3 is 2.84 bits per heavy atom. The molecular formula is C17H14N4O2S2. The Morgan fingerprint density at radius 1 is 1.16 bits per heavy atom. The first-order chi connectivity index (χ1) is 12.3. The quantitative estimate of drug-likeness (QED) is 0.471. The van der Waals surface area contributed by atoms with Gasteiger partial charge in [-0.3, -0.25) is 0 Å². The molecule has 3 aromatic heterocycles. The van der Waals surface area contributed by atoms with Crippen molar-refractivity contribution < 1.29 is 8.83 Å². The molecule has 4 aromatic rings. The summed E-state index contributed by atoms with van der Waals surface area (Å²) in [5.41, 5.74) is 3.22. The lowest BCUT2D eigenvalue weighted by molar-refractivity contribution is 0.447. The molecule has 0 radical (unpaired) electrons. The van der Waals surface area contributed by atoms with E-state index in [1.165, 1.54) is 17.3 Å². The molecule has 0 unspecified atom stereocenters. The van der Waals surface area contributed by atoms with Crippen LogP contribution in [0.3, 0.4) is 0 Å². The van der Waals surface area contributed by atoms with Crippen LogP contribution < -0.4 is 5.32 Å². The van der Waals surface area contributed by atoms with Crippen LogP contribution >= 0.6 is 23.1 Å². The number of aromatic nitrogens is 3. The van der Waals surface area contributed by atoms with Crippen LogP contribution in [0.1, 0.15) is 11.3 Å². The maximum absolute atomic E-state index is 5.57. The first-order valence-corrected chi connectivity index (χ1v) is 9.41. The second-order valence-electron chi connectivity index (χ2n) is 5.27. The molecule has 0 spiro atoms. The second-order valence-corrected chi connectivity index (χ2v) is 7.06. The van der Waals surface area contributed by atoms with Gasteiger partial charge in [-0.05, 0) is 31.2 Å². The Kier molecular flexibility index (Phi) is 4.53. The van der Waals surface area contributed by atoms with E-state index < -0.39 is 0 Å². The molecule has 6 nitrogen and oxygen atoms in total. The van der Waals surface area contributed by atoms with Crippen molar-refractivity contribution >= 4 is 33.9 Å². The Bertz CT molecular complexity index is 945. The fraction of sp³-hybridized carbons (Fsp3) is 0.118. The molecule has 1 aromatic carbocycles. The van der Waals surface area contributed by atoms with Crippen molar-refractivity contribution in [1.82, 2.24) is 15.2 Å². The molecule has 0 atom stereocenters. The monoisotopic (exact) mass is 370 g/mol. The van der Waals surface area contributed by atoms with Gasteiger partial charge in [0.15, 0.2) is 10.9 Å². The van der Waals surface area contributed by atoms with E-state index in [2.05, 4.69) is 39.6 Å². The number of thioether (sulfide) groups is 1. The minimum atomic E-state index is 0.382. The maximum Gasteiger partial charge on any atom is 0.284 e. The van der Waals surface area contributed by atoms with E-state index in [1.807, 2.05) is 17.5 Å². The van der Waals surface area contributed by atoms with Crippen molar-refractivity contribution in [2.45, 2.75) is 17.9 Å². The predicted octanol–water partition coefficient (Wildman–Crippen LogP) is 5.13. The summed E-state index contributed by atoms with van der Waals surface area (Å²) >= 11 is 3.02. The van der Waals surface area contributed by atoms with Gasteiger partial charge < -0.3 is 14.2 Å². The zero-order valence-corrected chi connectivity index (χ0v) is 14.9. The number of rotatable bonds is 6. The Balaban J connectivity index is 1.36. The van der Waals surface area contributed by atoms with E-state index >= 15 is 0 Å². The molecule has 0 aliphatic heterocycles. The van der Waals surface area contributed by atoms with Crippen LogP contribution in [0.5, 0.6) is 0 Å². The zero-order valence-electron chi connectivity index (χ0n) is 13.3. The van der Waals surface area contributed by atoms with Crippen molar-refractivity contribution in [3.8, 4) is 11.7 Å². The number of benzene rings is 1. The van der Waals surface area contributed by atoms with E-state index in [4.69, 9.17) is 8.83 Å². The van der Waals surface area contributed by atoms with Crippen molar-refractivity contribution in [2.75, 3.05) is 5.32 Å². The summed E-state index contributed by atoms with van der Waals surface area (Å²) in [6.45, 7) is 2.07. The Morgan fingerprint density at radius 2 is 2.04 bits per heavy atom. The number of nitrogens with zero attached hydrogens (tertiary/aromatic N) is 3. The molecule has 4 rings (SSSR count). The van der Waals surface area contributed by atoms with Gasteiger partial charge in [-0.1, -0.05) is 29.5 Å². The second kappa shape index (κ2) is 7.12. The summed E-state index contributed by atoms with van der Waals surface area (Å²) in [7, 11) is 0. The minimum Gasteiger partial charge on any atom is -0.459 e. The van der Waals surface area contributed by atoms with Gasteiger partial charge in [0.2, 0.25) is 0 Å². The smallest absolute Gasteiger partial charge is 0.284 e. The number of thiazole rings is 1. The molecule has 0 saturated heterocycles. The number of hydrogen-bond donors (Lipinski definition) is 1. The number of furan rings is 1. The SMILES string of the molecule is Cc1ccc(Nc2nc(CSc3nnc(-c4ccco4)o3)cs2)cc1. The van der Waals surface area contributed by atoms with Crippen molar-refractivity contribution in [2.24, 2.45) is 0 Å². The van der Waals surface area contributed by atoms with Crippen molar-refractivity contribution in [3.63, 3.8) is 0 Å². The van der Waals surface area contributed by atoms with Gasteiger partial charge in [0, 0.05) is 16.8 Å². The van der Waals surface area contributed by atoms with Gasteiger partial charge in [-0.2, -0.15) is 0 Å². The summed E-state index contributed by atoms with van der Waals surface area (Å²) in [5.74, 6) is 1.61. The Labute approximate surface area is 152 Å². The highest BCUT2D eigenvalue weighted by molar-refractivity contribution is 7.98. The van der Waals surface area contributed by atoms with Gasteiger partial charge in [0.05, 0.1) is 12.0 Å². The molecule has 0 amide bonds. The van der Waals surface area contributed by atoms with E-state index in [0.717, 1.165) is 16.5 Å². The predicted molar refractivity (Wildman–Crippen MR) is 98.1 cm³/mol. The fourth-order valence-electron chi connectivity index (χ4n) is 2.09. The number of aryl methyl sites for hydroxylation is 1. The van der Waals surface area contributed by atoms with Crippen LogP contribution in [-0.4, -0.2) is 15.2 Å². The molecular weight excluding hydrogens is 356 g/mol. The summed E-state index contributed by atoms with van der Waals surface area (Å²) < 4.78 is 10.8. The van der Waals surface area contributed by atoms with Crippen LogP contribution in [-0.2, 0) is 5.75 Å². The first-order valence-electron chi connectivity index (χ1n) is 7.54. The fourth-order valence-corrected chi connectivity index (χ4v) is 3.59. The number of anilines is 2. The van der Waals surface area contributed by atoms with Crippen LogP contribution in [0.15, 0.2) is 62.1 Å². The molecule has 25 heavy (non-hydrogen) atoms. The van der Waals surface area contributed by atoms with Gasteiger partial charge in [-0.25, -0.2) is 4.98 Å². The average molecular weight is 370 g/mol. The molecule has 126 valence electrons. The molecule has 0 aliphatic rings. The van der Waals surface area contributed by atoms with Gasteiger partial charge in [0.25, 0.3) is 11.1 Å². The summed E-state index contributed by atoms with van der Waals surface area (Å²) in [6, 6.07) is 11.8. The summed E-state index contributed by atoms with van der Waals surface area (Å²) in [5, 5.41) is 14.7. The minimum absolute atomic E-state index is 0.382. The van der Waals surface area contributed by atoms with E-state index in [9.17, 15) is 0 Å². The lowest BCUT2D eigenvalue weighted by Crippen LogP contribution is -1.90. The summed E-state index contributed by atoms with van der Waals surface area (Å²) in [6.07, 6.45) is 1.57. The van der Waals surface area contributed by atoms with Gasteiger partial charge >= 0.3 is 0 Å². The summed E-state index contributed by atoms with van der Waals surface area (Å²) in [4.78, 5) is 4.58. The normalized spacial score (nSPS) is 10.9. The van der Waals surface area contributed by atoms with Crippen molar-refractivity contribution in [1.29, 1.82) is 0 Å². The number of nitrogens with one attached hydrogen (secondary N) is 1. The molecule has 8 heteroatoms. The van der Waals surface area contributed by atoms with Crippen LogP contribution in [0.2, 0.25) is 0 Å². The molecule has 3 heterocycles. The maximum atomic E-state index is 5.57. The van der Waals surface area contributed by atoms with Crippen LogP contribution in [0, 0.1) is 6.92 Å². The first kappa shape index (κ1) is 15.9. The molecule has 1 N–H and O–H groups in total. The van der Waals surface area contributed by atoms with Crippen molar-refractivity contribution in [3.05, 3.63) is 59.3 Å². The van der Waals surface area contributed by atoms with E-state index in [-0.39, 0.29) is 0 Å². The number of hydrogen-bond acceptors (Lipinski definition) is 8. The van der Waals surface area contributed by atoms with Crippen LogP contribution in [0.25, 0.3) is 11.7 Å². The van der Waals surface area contributed by atoms with Gasteiger partial charge in [-0.15, -0.1) is 21.5 Å². The zero-order chi connectivity index (χ0) is 17.1. The third-order valence-electron chi connectivity index (χ3n) is 3.34.